The number of rotatable bonds is 43. The number of nitrogens with one attached hydrogen (secondary N) is 10. The average molecular weight is 1250 g/mol. The number of nitrogens with zero attached hydrogens (tertiary/aromatic N) is 1. The van der Waals surface area contributed by atoms with E-state index in [-0.39, 0.29) is 82.9 Å². The maximum absolute atomic E-state index is 14.9. The van der Waals surface area contributed by atoms with E-state index >= 15 is 0 Å². The van der Waals surface area contributed by atoms with Crippen molar-refractivity contribution in [3.8, 4) is 0 Å². The van der Waals surface area contributed by atoms with Crippen molar-refractivity contribution in [2.24, 2.45) is 51.2 Å². The van der Waals surface area contributed by atoms with Gasteiger partial charge in [0.2, 0.25) is 53.2 Å². The third-order valence-electron chi connectivity index (χ3n) is 14.8. The monoisotopic (exact) mass is 1250 g/mol. The van der Waals surface area contributed by atoms with Crippen LogP contribution in [-0.4, -0.2) is 196 Å². The predicted molar refractivity (Wildman–Crippen MR) is 328 cm³/mol. The first-order chi connectivity index (χ1) is 41.6. The van der Waals surface area contributed by atoms with E-state index in [0.717, 1.165) is 6.92 Å². The number of benzene rings is 1. The largest absolute Gasteiger partial charge is 0.480 e. The third kappa shape index (κ3) is 26.0. The van der Waals surface area contributed by atoms with Crippen molar-refractivity contribution in [3.05, 3.63) is 36.0 Å². The number of aromatic amines is 1. The summed E-state index contributed by atoms with van der Waals surface area (Å²) in [6, 6.07) is -7.42. The van der Waals surface area contributed by atoms with Gasteiger partial charge in [-0.25, -0.2) is 4.79 Å². The number of carbonyl (C=O) groups is 10. The molecule has 0 aliphatic carbocycles. The second-order valence-corrected chi connectivity index (χ2v) is 22.3. The fourth-order valence-corrected chi connectivity index (χ4v) is 9.15. The number of fused-ring (bicyclic) bond motifs is 1. The number of nitrogens with two attached hydrogens (primary N) is 6. The molecule has 0 bridgehead atoms. The number of aliphatic imine (C=N–C) groups is 1. The van der Waals surface area contributed by atoms with Crippen molar-refractivity contribution in [2.75, 3.05) is 32.8 Å². The molecule has 2 aromatic rings. The molecule has 1 heterocycles. The molecule has 0 saturated heterocycles. The van der Waals surface area contributed by atoms with Crippen LogP contribution in [0.15, 0.2) is 35.5 Å². The molecule has 9 amide bonds. The SMILES string of the molecule is CC[C@H](C)[C@H](NC(=O)[C@H](CCCN=C(N)N)NC(=O)[C@H](CCCCN)NC(=O)[C@H](Cc1c[nH]c2ccccc12)NC(=O)[C@@H](NC(=O)[C@H](CCCCN)NC(=O)[C@H](CCCCN)NC(=O)[C@@H](N)C(C)C)[C@@H](C)O)C(=O)N[C@H](C(=O)N[C@@H](CO)C(=O)O)[C@@H](C)O. The van der Waals surface area contributed by atoms with Crippen molar-refractivity contribution in [2.45, 2.75) is 198 Å². The standard InChI is InChI=1S/C57H99N17O14/c1-7-31(4)44(53(84)74-46(33(6)77)55(86)71-42(29-75)56(87)88)72-49(80)40(22-16-26-64-57(62)63)67-47(78)37(19-10-13-23-58)68-51(82)41(27-34-28-65-36-18-9-8-17-35(34)36)70-54(85)45(32(5)76)73-50(81)39(21-12-15-25-60)66-48(79)38(20-11-14-24-59)69-52(83)43(61)30(2)3/h8-9,17-18,28,30-33,37-46,65,75-77H,7,10-16,19-27,29,58-61H2,1-6H3,(H,66,79)(H,67,78)(H,68,82)(H,69,83)(H,70,85)(H,71,86)(H,72,80)(H,73,81)(H,74,84)(H,87,88)(H4,62,63,64)/t31-,32+,33+,37-,38-,39-,40-,41-,42-,43-,44-,45-,46-/m0/s1. The second-order valence-electron chi connectivity index (χ2n) is 22.3. The molecule has 1 aromatic heterocycles. The maximum atomic E-state index is 14.9. The van der Waals surface area contributed by atoms with Crippen LogP contribution < -0.4 is 82.3 Å². The smallest absolute Gasteiger partial charge is 0.328 e. The number of aliphatic hydroxyl groups excluding tert-OH is 3. The van der Waals surface area contributed by atoms with Gasteiger partial charge in [0.05, 0.1) is 24.9 Å². The molecule has 31 nitrogen and oxygen atoms in total. The van der Waals surface area contributed by atoms with E-state index in [1.54, 1.807) is 58.2 Å². The first kappa shape index (κ1) is 76.5. The number of guanidine groups is 1. The van der Waals surface area contributed by atoms with E-state index in [2.05, 4.69) is 52.5 Å². The molecule has 31 heteroatoms. The summed E-state index contributed by atoms with van der Waals surface area (Å²) in [5.74, 6) is -10.8. The van der Waals surface area contributed by atoms with E-state index in [1.807, 2.05) is 5.32 Å². The lowest BCUT2D eigenvalue weighted by Crippen LogP contribution is -2.62. The maximum Gasteiger partial charge on any atom is 0.328 e. The van der Waals surface area contributed by atoms with Crippen LogP contribution >= 0.6 is 0 Å². The Labute approximate surface area is 513 Å². The molecule has 0 aliphatic heterocycles. The zero-order valence-electron chi connectivity index (χ0n) is 51.5. The summed E-state index contributed by atoms with van der Waals surface area (Å²) in [6.07, 6.45) is 0.938. The molecule has 1 aromatic carbocycles. The number of para-hydroxylation sites is 1. The highest BCUT2D eigenvalue weighted by molar-refractivity contribution is 5.99. The van der Waals surface area contributed by atoms with Gasteiger partial charge in [0.25, 0.3) is 0 Å². The second kappa shape index (κ2) is 40.1. The van der Waals surface area contributed by atoms with E-state index in [9.17, 15) is 68.4 Å². The highest BCUT2D eigenvalue weighted by Gasteiger charge is 2.38. The Hall–Kier alpha value is -7.55. The van der Waals surface area contributed by atoms with Gasteiger partial charge in [0, 0.05) is 30.1 Å². The number of H-pyrrole nitrogens is 1. The van der Waals surface area contributed by atoms with Crippen LogP contribution in [0.25, 0.3) is 10.9 Å². The molecule has 0 unspecified atom stereocenters. The van der Waals surface area contributed by atoms with Gasteiger partial charge in [0.1, 0.15) is 54.4 Å². The van der Waals surface area contributed by atoms with E-state index in [1.165, 1.54) is 6.92 Å². The first-order valence-electron chi connectivity index (χ1n) is 30.1. The highest BCUT2D eigenvalue weighted by Crippen LogP contribution is 2.20. The summed E-state index contributed by atoms with van der Waals surface area (Å²) in [7, 11) is 0. The summed E-state index contributed by atoms with van der Waals surface area (Å²) in [6.45, 7) is 8.92. The van der Waals surface area contributed by atoms with Crippen LogP contribution in [0, 0.1) is 11.8 Å². The number of aliphatic hydroxyl groups is 3. The molecule has 496 valence electrons. The van der Waals surface area contributed by atoms with Crippen molar-refractivity contribution in [1.29, 1.82) is 0 Å². The van der Waals surface area contributed by atoms with Crippen LogP contribution in [0.1, 0.15) is 124 Å². The summed E-state index contributed by atoms with van der Waals surface area (Å²) in [4.78, 5) is 145. The number of carboxylic acid groups (broad SMARTS) is 1. The number of unbranched alkanes of at least 4 members (excludes halogenated alkanes) is 3. The molecule has 0 radical (unpaired) electrons. The topological polar surface area (TPSA) is 544 Å². The number of carbonyl (C=O) groups excluding carboxylic acids is 9. The highest BCUT2D eigenvalue weighted by atomic mass is 16.4. The quantitative estimate of drug-likeness (QED) is 0.0169. The van der Waals surface area contributed by atoms with Gasteiger partial charge < -0.3 is 108 Å². The molecular formula is C57H99N17O14. The fraction of sp³-hybridized carbons (Fsp3) is 0.667. The number of hydrogen-bond donors (Lipinski definition) is 20. The van der Waals surface area contributed by atoms with E-state index in [0.29, 0.717) is 55.1 Å². The molecule has 26 N–H and O–H groups in total. The van der Waals surface area contributed by atoms with Crippen LogP contribution in [0.2, 0.25) is 0 Å². The summed E-state index contributed by atoms with van der Waals surface area (Å²) in [5, 5.41) is 64.2. The first-order valence-corrected chi connectivity index (χ1v) is 30.1. The van der Waals surface area contributed by atoms with Crippen LogP contribution in [0.5, 0.6) is 0 Å². The molecule has 0 aliphatic rings. The Kier molecular flexibility index (Phi) is 34.9. The van der Waals surface area contributed by atoms with Crippen LogP contribution in [-0.2, 0) is 54.4 Å². The number of aliphatic carboxylic acids is 1. The van der Waals surface area contributed by atoms with Gasteiger partial charge in [-0.3, -0.25) is 48.1 Å². The molecule has 0 fully saturated rings. The Morgan fingerprint density at radius 2 is 0.909 bits per heavy atom. The number of aromatic nitrogens is 1. The minimum Gasteiger partial charge on any atom is -0.480 e. The minimum absolute atomic E-state index is 0.0130. The van der Waals surface area contributed by atoms with Crippen molar-refractivity contribution >= 4 is 76.0 Å². The van der Waals surface area contributed by atoms with Gasteiger partial charge in [-0.1, -0.05) is 52.3 Å². The molecule has 2 rings (SSSR count). The summed E-state index contributed by atoms with van der Waals surface area (Å²) >= 11 is 0. The van der Waals surface area contributed by atoms with Gasteiger partial charge in [0.15, 0.2) is 5.96 Å². The zero-order chi connectivity index (χ0) is 66.2. The van der Waals surface area contributed by atoms with Gasteiger partial charge >= 0.3 is 5.97 Å². The molecule has 0 spiro atoms. The van der Waals surface area contributed by atoms with Crippen LogP contribution in [0.3, 0.4) is 0 Å². The van der Waals surface area contributed by atoms with Crippen molar-refractivity contribution < 1.29 is 68.4 Å². The van der Waals surface area contributed by atoms with Gasteiger partial charge in [-0.05, 0) is 128 Å². The van der Waals surface area contributed by atoms with E-state index in [4.69, 9.17) is 34.4 Å². The minimum atomic E-state index is -1.77. The number of amides is 9. The molecular weight excluding hydrogens is 1150 g/mol. The summed E-state index contributed by atoms with van der Waals surface area (Å²) in [5.41, 5.74) is 35.7. The lowest BCUT2D eigenvalue weighted by Gasteiger charge is -2.30. The lowest BCUT2D eigenvalue weighted by molar-refractivity contribution is -0.144. The summed E-state index contributed by atoms with van der Waals surface area (Å²) < 4.78 is 0. The number of carboxylic acids is 1. The molecule has 88 heavy (non-hydrogen) atoms. The van der Waals surface area contributed by atoms with Gasteiger partial charge in [-0.2, -0.15) is 0 Å². The van der Waals surface area contributed by atoms with E-state index < -0.39 is 144 Å². The molecule has 0 saturated carbocycles. The lowest BCUT2D eigenvalue weighted by atomic mass is 9.96. The Bertz CT molecular complexity index is 2600. The van der Waals surface area contributed by atoms with Crippen molar-refractivity contribution in [3.63, 3.8) is 0 Å². The Balaban J connectivity index is 2.63. The Morgan fingerprint density at radius 3 is 1.33 bits per heavy atom. The third-order valence-corrected chi connectivity index (χ3v) is 14.8. The molecule has 13 atom stereocenters. The fourth-order valence-electron chi connectivity index (χ4n) is 9.15. The number of hydrogen-bond acceptors (Lipinski definition) is 18. The average Bonchev–Trinajstić information content (AvgIpc) is 1.99. The zero-order valence-corrected chi connectivity index (χ0v) is 51.5. The predicted octanol–water partition coefficient (Wildman–Crippen LogP) is -4.62. The normalized spacial score (nSPS) is 15.8. The van der Waals surface area contributed by atoms with Crippen LogP contribution in [0.4, 0.5) is 0 Å². The Morgan fingerprint density at radius 1 is 0.523 bits per heavy atom. The van der Waals surface area contributed by atoms with Gasteiger partial charge in [-0.15, -0.1) is 0 Å². The van der Waals surface area contributed by atoms with Crippen molar-refractivity contribution in [1.82, 2.24) is 52.8 Å².